The highest BCUT2D eigenvalue weighted by molar-refractivity contribution is 5.67. The molecule has 2 aromatic rings. The summed E-state index contributed by atoms with van der Waals surface area (Å²) >= 11 is 0. The van der Waals surface area contributed by atoms with Crippen molar-refractivity contribution in [2.24, 2.45) is 0 Å². The van der Waals surface area contributed by atoms with Crippen LogP contribution in [0.25, 0.3) is 11.2 Å². The smallest absolute Gasteiger partial charge is 0.406 e. The first-order chi connectivity index (χ1) is 8.84. The van der Waals surface area contributed by atoms with Crippen LogP contribution in [-0.4, -0.2) is 22.1 Å². The first kappa shape index (κ1) is 11.5. The van der Waals surface area contributed by atoms with Gasteiger partial charge in [-0.15, -0.1) is 0 Å². The predicted molar refractivity (Wildman–Crippen MR) is 68.5 cm³/mol. The Balaban J connectivity index is 1.70. The maximum absolute atomic E-state index is 11.7. The number of hydrogen-bond acceptors (Lipinski definition) is 4. The Bertz CT molecular complexity index is 581. The van der Waals surface area contributed by atoms with E-state index in [-0.39, 0.29) is 5.76 Å². The minimum absolute atomic E-state index is 0.303. The first-order valence-corrected chi connectivity index (χ1v) is 6.52. The van der Waals surface area contributed by atoms with Gasteiger partial charge in [0.25, 0.3) is 0 Å². The minimum atomic E-state index is -0.303. The summed E-state index contributed by atoms with van der Waals surface area (Å²) in [5, 5.41) is 3.46. The summed E-state index contributed by atoms with van der Waals surface area (Å²) in [6.07, 6.45) is 6.28. The van der Waals surface area contributed by atoms with Crippen molar-refractivity contribution in [3.63, 3.8) is 0 Å². The summed E-state index contributed by atoms with van der Waals surface area (Å²) in [5.74, 6) is -0.303. The number of nitrogens with one attached hydrogen (secondary N) is 1. The SMILES string of the molecule is O=c1oc2cccnc2n1CCCC1CCCN1. The van der Waals surface area contributed by atoms with Crippen molar-refractivity contribution < 1.29 is 4.42 Å². The van der Waals surface area contributed by atoms with Crippen molar-refractivity contribution in [2.45, 2.75) is 38.3 Å². The van der Waals surface area contributed by atoms with Crippen LogP contribution < -0.4 is 11.1 Å². The first-order valence-electron chi connectivity index (χ1n) is 6.52. The van der Waals surface area contributed by atoms with Gasteiger partial charge in [-0.1, -0.05) is 0 Å². The second-order valence-electron chi connectivity index (χ2n) is 4.78. The number of rotatable bonds is 4. The number of aryl methyl sites for hydroxylation is 1. The second-order valence-corrected chi connectivity index (χ2v) is 4.78. The van der Waals surface area contributed by atoms with Gasteiger partial charge in [-0.3, -0.25) is 4.57 Å². The summed E-state index contributed by atoms with van der Waals surface area (Å²) in [6.45, 7) is 1.81. The van der Waals surface area contributed by atoms with Gasteiger partial charge in [0.05, 0.1) is 0 Å². The lowest BCUT2D eigenvalue weighted by Gasteiger charge is -2.09. The molecule has 0 saturated carbocycles. The molecule has 0 radical (unpaired) electrons. The van der Waals surface area contributed by atoms with E-state index >= 15 is 0 Å². The topological polar surface area (TPSA) is 60.1 Å². The molecule has 0 spiro atoms. The van der Waals surface area contributed by atoms with Gasteiger partial charge < -0.3 is 9.73 Å². The van der Waals surface area contributed by atoms with Crippen LogP contribution >= 0.6 is 0 Å². The Morgan fingerprint density at radius 2 is 2.50 bits per heavy atom. The Kier molecular flexibility index (Phi) is 3.15. The summed E-state index contributed by atoms with van der Waals surface area (Å²) in [7, 11) is 0. The van der Waals surface area contributed by atoms with Crippen LogP contribution in [0.15, 0.2) is 27.5 Å². The third-order valence-corrected chi connectivity index (χ3v) is 3.52. The zero-order chi connectivity index (χ0) is 12.4. The Morgan fingerprint density at radius 3 is 3.33 bits per heavy atom. The highest BCUT2D eigenvalue weighted by Gasteiger charge is 2.14. The molecule has 0 amide bonds. The third kappa shape index (κ3) is 2.18. The fourth-order valence-electron chi connectivity index (χ4n) is 2.60. The second kappa shape index (κ2) is 4.94. The lowest BCUT2D eigenvalue weighted by atomic mass is 10.1. The van der Waals surface area contributed by atoms with Crippen LogP contribution in [0, 0.1) is 0 Å². The fourth-order valence-corrected chi connectivity index (χ4v) is 2.60. The molecular formula is C13H17N3O2. The molecule has 1 aliphatic heterocycles. The molecule has 3 rings (SSSR count). The minimum Gasteiger partial charge on any atom is -0.406 e. The Hall–Kier alpha value is -1.62. The van der Waals surface area contributed by atoms with Crippen LogP contribution in [0.1, 0.15) is 25.7 Å². The summed E-state index contributed by atoms with van der Waals surface area (Å²) in [4.78, 5) is 15.9. The van der Waals surface area contributed by atoms with E-state index < -0.39 is 0 Å². The molecule has 3 heterocycles. The summed E-state index contributed by atoms with van der Waals surface area (Å²) in [5.41, 5.74) is 1.23. The van der Waals surface area contributed by atoms with E-state index in [2.05, 4.69) is 10.3 Å². The lowest BCUT2D eigenvalue weighted by molar-refractivity contribution is 0.466. The number of pyridine rings is 1. The van der Waals surface area contributed by atoms with Crippen molar-refractivity contribution in [1.29, 1.82) is 0 Å². The molecular weight excluding hydrogens is 230 g/mol. The van der Waals surface area contributed by atoms with Crippen LogP contribution in [0.4, 0.5) is 0 Å². The fraction of sp³-hybridized carbons (Fsp3) is 0.538. The number of oxazole rings is 1. The monoisotopic (exact) mass is 247 g/mol. The largest absolute Gasteiger partial charge is 0.421 e. The summed E-state index contributed by atoms with van der Waals surface area (Å²) in [6, 6.07) is 4.17. The quantitative estimate of drug-likeness (QED) is 0.890. The van der Waals surface area contributed by atoms with Crippen LogP contribution in [0.5, 0.6) is 0 Å². The van der Waals surface area contributed by atoms with Gasteiger partial charge in [0, 0.05) is 18.8 Å². The van der Waals surface area contributed by atoms with Crippen molar-refractivity contribution >= 4 is 11.2 Å². The third-order valence-electron chi connectivity index (χ3n) is 3.52. The molecule has 5 nitrogen and oxygen atoms in total. The van der Waals surface area contributed by atoms with Gasteiger partial charge in [-0.25, -0.2) is 9.78 Å². The Labute approximate surface area is 105 Å². The Morgan fingerprint density at radius 1 is 1.56 bits per heavy atom. The van der Waals surface area contributed by atoms with Crippen LogP contribution in [0.2, 0.25) is 0 Å². The zero-order valence-electron chi connectivity index (χ0n) is 10.3. The molecule has 1 unspecified atom stereocenters. The number of hydrogen-bond donors (Lipinski definition) is 1. The number of aromatic nitrogens is 2. The predicted octanol–water partition coefficient (Wildman–Crippen LogP) is 1.52. The molecule has 1 fully saturated rings. The van der Waals surface area contributed by atoms with E-state index in [1.165, 1.54) is 12.8 Å². The highest BCUT2D eigenvalue weighted by atomic mass is 16.4. The molecule has 0 aliphatic carbocycles. The van der Waals surface area contributed by atoms with Gasteiger partial charge in [0.2, 0.25) is 0 Å². The van der Waals surface area contributed by atoms with Crippen molar-refractivity contribution in [2.75, 3.05) is 6.54 Å². The standard InChI is InChI=1S/C13H17N3O2/c17-13-16(9-3-5-10-4-1-7-14-10)12-11(18-13)6-2-8-15-12/h2,6,8,10,14H,1,3-5,7,9H2. The zero-order valence-corrected chi connectivity index (χ0v) is 10.3. The lowest BCUT2D eigenvalue weighted by Crippen LogP contribution is -2.22. The van der Waals surface area contributed by atoms with E-state index in [0.29, 0.717) is 23.8 Å². The van der Waals surface area contributed by atoms with Crippen molar-refractivity contribution in [3.05, 3.63) is 28.9 Å². The molecule has 1 saturated heterocycles. The molecule has 0 aromatic carbocycles. The molecule has 0 bridgehead atoms. The number of nitrogens with zero attached hydrogens (tertiary/aromatic N) is 2. The summed E-state index contributed by atoms with van der Waals surface area (Å²) < 4.78 is 6.78. The maximum atomic E-state index is 11.7. The van der Waals surface area contributed by atoms with E-state index in [1.54, 1.807) is 22.9 Å². The van der Waals surface area contributed by atoms with Gasteiger partial charge in [0.15, 0.2) is 11.2 Å². The average Bonchev–Trinajstić information content (AvgIpc) is 2.98. The van der Waals surface area contributed by atoms with Crippen LogP contribution in [0.3, 0.4) is 0 Å². The molecule has 1 N–H and O–H groups in total. The van der Waals surface area contributed by atoms with E-state index in [9.17, 15) is 4.79 Å². The maximum Gasteiger partial charge on any atom is 0.421 e. The molecule has 1 atom stereocenters. The normalized spacial score (nSPS) is 19.7. The van der Waals surface area contributed by atoms with Gasteiger partial charge in [0.1, 0.15) is 0 Å². The molecule has 5 heteroatoms. The van der Waals surface area contributed by atoms with Gasteiger partial charge in [-0.05, 0) is 44.4 Å². The molecule has 2 aromatic heterocycles. The molecule has 1 aliphatic rings. The highest BCUT2D eigenvalue weighted by Crippen LogP contribution is 2.13. The van der Waals surface area contributed by atoms with Crippen LogP contribution in [-0.2, 0) is 6.54 Å². The average molecular weight is 247 g/mol. The van der Waals surface area contributed by atoms with E-state index in [4.69, 9.17) is 4.42 Å². The number of fused-ring (bicyclic) bond motifs is 1. The van der Waals surface area contributed by atoms with Gasteiger partial charge in [-0.2, -0.15) is 0 Å². The van der Waals surface area contributed by atoms with E-state index in [1.807, 2.05) is 0 Å². The van der Waals surface area contributed by atoms with E-state index in [0.717, 1.165) is 19.4 Å². The van der Waals surface area contributed by atoms with Crippen molar-refractivity contribution in [3.8, 4) is 0 Å². The molecule has 96 valence electrons. The molecule has 18 heavy (non-hydrogen) atoms. The van der Waals surface area contributed by atoms with Gasteiger partial charge >= 0.3 is 5.76 Å². The van der Waals surface area contributed by atoms with Crippen molar-refractivity contribution in [1.82, 2.24) is 14.9 Å².